The molecule has 1 heterocycles. The number of benzene rings is 3. The van der Waals surface area contributed by atoms with E-state index < -0.39 is 13.7 Å². The number of ether oxygens (including phenoxy) is 1. The molecule has 1 amide bonds. The van der Waals surface area contributed by atoms with Crippen LogP contribution < -0.4 is 10.5 Å². The van der Waals surface area contributed by atoms with Gasteiger partial charge in [-0.1, -0.05) is 29.8 Å². The first-order valence-corrected chi connectivity index (χ1v) is 14.5. The minimum absolute atomic E-state index is 0.0589. The Kier molecular flexibility index (Phi) is 7.80. The Morgan fingerprint density at radius 1 is 1.03 bits per heavy atom. The van der Waals surface area contributed by atoms with E-state index in [1.807, 2.05) is 10.6 Å². The minimum atomic E-state index is -4.50. The molecule has 5 rings (SSSR count). The van der Waals surface area contributed by atoms with Gasteiger partial charge in [0.25, 0.3) is 5.91 Å². The number of phosphoric ester groups is 1. The second-order valence-electron chi connectivity index (χ2n) is 9.73. The number of ketones is 1. The normalized spacial score (nSPS) is 13.7. The molecule has 3 aromatic carbocycles. The van der Waals surface area contributed by atoms with Crippen molar-refractivity contribution in [3.05, 3.63) is 76.4 Å². The quantitative estimate of drug-likeness (QED) is 0.115. The van der Waals surface area contributed by atoms with Crippen LogP contribution in [0.1, 0.15) is 57.9 Å². The smallest absolute Gasteiger partial charge is 0.469 e. The van der Waals surface area contributed by atoms with Crippen molar-refractivity contribution in [2.24, 2.45) is 5.73 Å². The van der Waals surface area contributed by atoms with Crippen molar-refractivity contribution >= 4 is 52.8 Å². The Bertz CT molecular complexity index is 1620. The van der Waals surface area contributed by atoms with Gasteiger partial charge >= 0.3 is 7.82 Å². The highest BCUT2D eigenvalue weighted by atomic mass is 35.5. The number of hydrogen-bond donors (Lipinski definition) is 3. The fourth-order valence-corrected chi connectivity index (χ4v) is 5.28. The summed E-state index contributed by atoms with van der Waals surface area (Å²) in [4.78, 5) is 43.2. The molecule has 4 N–H and O–H groups in total. The molecule has 1 fully saturated rings. The summed E-state index contributed by atoms with van der Waals surface area (Å²) in [7, 11) is -4.50. The number of primary amides is 1. The molecular formula is C28H28ClN2O7P. The third-order valence-corrected chi connectivity index (χ3v) is 7.59. The van der Waals surface area contributed by atoms with Crippen molar-refractivity contribution in [1.82, 2.24) is 4.57 Å². The lowest BCUT2D eigenvalue weighted by molar-refractivity contribution is 0.0913. The molecule has 9 nitrogen and oxygen atoms in total. The highest BCUT2D eigenvalue weighted by molar-refractivity contribution is 7.46. The van der Waals surface area contributed by atoms with Gasteiger partial charge in [-0.05, 0) is 78.3 Å². The summed E-state index contributed by atoms with van der Waals surface area (Å²) in [6.45, 7) is 0.192. The van der Waals surface area contributed by atoms with E-state index >= 15 is 0 Å². The molecule has 0 bridgehead atoms. The number of carbonyl (C=O) groups excluding carboxylic acids is 2. The second kappa shape index (κ2) is 11.1. The number of fused-ring (bicyclic) bond motifs is 2. The largest absolute Gasteiger partial charge is 0.485 e. The van der Waals surface area contributed by atoms with Crippen LogP contribution in [0.5, 0.6) is 5.75 Å². The second-order valence-corrected chi connectivity index (χ2v) is 11.4. The molecule has 1 aromatic heterocycles. The van der Waals surface area contributed by atoms with Gasteiger partial charge < -0.3 is 24.8 Å². The first-order chi connectivity index (χ1) is 18.6. The van der Waals surface area contributed by atoms with E-state index in [1.165, 1.54) is 5.56 Å². The van der Waals surface area contributed by atoms with Crippen LogP contribution in [0.4, 0.5) is 0 Å². The molecule has 0 spiro atoms. The summed E-state index contributed by atoms with van der Waals surface area (Å²) in [6.07, 6.45) is 5.12. The van der Waals surface area contributed by atoms with Crippen molar-refractivity contribution in [3.63, 3.8) is 0 Å². The van der Waals surface area contributed by atoms with Crippen molar-refractivity contribution in [3.8, 4) is 5.75 Å². The fraction of sp³-hybridized carbons (Fsp3) is 0.286. The topological polar surface area (TPSA) is 141 Å². The van der Waals surface area contributed by atoms with E-state index in [4.69, 9.17) is 31.9 Å². The first-order valence-electron chi connectivity index (χ1n) is 12.6. The van der Waals surface area contributed by atoms with Crippen molar-refractivity contribution in [2.75, 3.05) is 13.2 Å². The predicted molar refractivity (Wildman–Crippen MR) is 148 cm³/mol. The van der Waals surface area contributed by atoms with Gasteiger partial charge in [-0.3, -0.25) is 14.1 Å². The van der Waals surface area contributed by atoms with Crippen molar-refractivity contribution in [1.29, 1.82) is 0 Å². The molecule has 11 heteroatoms. The van der Waals surface area contributed by atoms with Gasteiger partial charge in [-0.25, -0.2) is 4.57 Å². The number of unbranched alkanes of at least 4 members (excludes halogenated alkanes) is 1. The highest BCUT2D eigenvalue weighted by Crippen LogP contribution is 2.41. The van der Waals surface area contributed by atoms with Crippen LogP contribution in [0, 0.1) is 0 Å². The molecule has 0 radical (unpaired) electrons. The van der Waals surface area contributed by atoms with Gasteiger partial charge in [-0.15, -0.1) is 0 Å². The standard InChI is InChI=1S/C28H28ClN2O7P/c29-21-7-5-19-14-27(23(28(30)33)12-20(19)11-21)37-16-26(32)24-15-31(9-1-2-10-38-39(34,35)36)25-13-18(17-3-4-17)6-8-22(24)25/h5-8,11-15,17H,1-4,9-10,16H2,(H2,30,33)(H2,34,35,36). The number of nitrogens with two attached hydrogens (primary N) is 1. The van der Waals surface area contributed by atoms with Crippen LogP contribution in [0.2, 0.25) is 5.02 Å². The van der Waals surface area contributed by atoms with Gasteiger partial charge in [0, 0.05) is 34.2 Å². The zero-order chi connectivity index (χ0) is 27.7. The maximum atomic E-state index is 13.4. The molecule has 1 aliphatic rings. The number of amides is 1. The van der Waals surface area contributed by atoms with Crippen LogP contribution >= 0.6 is 19.4 Å². The Hall–Kier alpha value is -3.20. The fourth-order valence-electron chi connectivity index (χ4n) is 4.74. The van der Waals surface area contributed by atoms with Crippen LogP contribution in [-0.2, 0) is 15.6 Å². The summed E-state index contributed by atoms with van der Waals surface area (Å²) >= 11 is 6.07. The summed E-state index contributed by atoms with van der Waals surface area (Å²) < 4.78 is 23.3. The number of halogens is 1. The zero-order valence-electron chi connectivity index (χ0n) is 21.0. The Morgan fingerprint density at radius 3 is 2.54 bits per heavy atom. The molecule has 1 aliphatic carbocycles. The molecule has 39 heavy (non-hydrogen) atoms. The maximum absolute atomic E-state index is 13.4. The summed E-state index contributed by atoms with van der Waals surface area (Å²) in [5.74, 6) is -0.178. The van der Waals surface area contributed by atoms with E-state index in [0.29, 0.717) is 35.9 Å². The number of rotatable bonds is 12. The van der Waals surface area contributed by atoms with Crippen LogP contribution in [0.25, 0.3) is 21.7 Å². The molecule has 4 aromatic rings. The van der Waals surface area contributed by atoms with Crippen LogP contribution in [0.15, 0.2) is 54.7 Å². The number of Topliss-reactive ketones (excluding diaryl/α,β-unsaturated/α-hetero) is 1. The van der Waals surface area contributed by atoms with E-state index in [-0.39, 0.29) is 30.3 Å². The number of aromatic nitrogens is 1. The van der Waals surface area contributed by atoms with E-state index in [2.05, 4.69) is 16.7 Å². The number of aryl methyl sites for hydroxylation is 1. The SMILES string of the molecule is NC(=O)c1cc2cc(Cl)ccc2cc1OCC(=O)c1cn(CCCCOP(=O)(O)O)c2cc(C3CC3)ccc12. The molecule has 0 aliphatic heterocycles. The Balaban J connectivity index is 1.37. The van der Waals surface area contributed by atoms with E-state index in [0.717, 1.165) is 34.5 Å². The molecule has 0 atom stereocenters. The van der Waals surface area contributed by atoms with Gasteiger partial charge in [0.2, 0.25) is 5.78 Å². The lowest BCUT2D eigenvalue weighted by atomic mass is 10.0. The van der Waals surface area contributed by atoms with Gasteiger partial charge in [0.15, 0.2) is 6.61 Å². The number of phosphoric acid groups is 1. The number of hydrogen-bond acceptors (Lipinski definition) is 5. The molecule has 204 valence electrons. The average Bonchev–Trinajstić information content (AvgIpc) is 3.67. The third kappa shape index (κ3) is 6.52. The summed E-state index contributed by atoms with van der Waals surface area (Å²) in [5.41, 5.74) is 8.38. The Labute approximate surface area is 229 Å². The summed E-state index contributed by atoms with van der Waals surface area (Å²) in [5, 5.41) is 2.84. The highest BCUT2D eigenvalue weighted by Gasteiger charge is 2.25. The van der Waals surface area contributed by atoms with E-state index in [9.17, 15) is 14.2 Å². The van der Waals surface area contributed by atoms with Crippen molar-refractivity contribution < 1.29 is 33.2 Å². The Morgan fingerprint density at radius 2 is 1.82 bits per heavy atom. The number of carbonyl (C=O) groups is 2. The van der Waals surface area contributed by atoms with Crippen molar-refractivity contribution in [2.45, 2.75) is 38.1 Å². The third-order valence-electron chi connectivity index (χ3n) is 6.83. The zero-order valence-corrected chi connectivity index (χ0v) is 22.7. The minimum Gasteiger partial charge on any atom is -0.485 e. The van der Waals surface area contributed by atoms with Crippen LogP contribution in [-0.4, -0.2) is 39.3 Å². The van der Waals surface area contributed by atoms with Crippen LogP contribution in [0.3, 0.4) is 0 Å². The molecule has 0 saturated heterocycles. The molecule has 1 saturated carbocycles. The van der Waals surface area contributed by atoms with Gasteiger partial charge in [-0.2, -0.15) is 0 Å². The lowest BCUT2D eigenvalue weighted by Gasteiger charge is -2.11. The van der Waals surface area contributed by atoms with Gasteiger partial charge in [0.1, 0.15) is 5.75 Å². The first kappa shape index (κ1) is 27.4. The number of nitrogens with zero attached hydrogens (tertiary/aromatic N) is 1. The van der Waals surface area contributed by atoms with E-state index in [1.54, 1.807) is 36.5 Å². The lowest BCUT2D eigenvalue weighted by Crippen LogP contribution is -2.16. The monoisotopic (exact) mass is 570 g/mol. The predicted octanol–water partition coefficient (Wildman–Crippen LogP) is 5.58. The maximum Gasteiger partial charge on any atom is 0.469 e. The molecule has 0 unspecified atom stereocenters. The average molecular weight is 571 g/mol. The molecular weight excluding hydrogens is 543 g/mol. The summed E-state index contributed by atoms with van der Waals surface area (Å²) in [6, 6.07) is 14.6. The van der Waals surface area contributed by atoms with Gasteiger partial charge in [0.05, 0.1) is 12.2 Å².